The number of carbonyl (C=O) groups excluding carboxylic acids is 1. The number of hydrogen-bond donors (Lipinski definition) is 1. The highest BCUT2D eigenvalue weighted by molar-refractivity contribution is 7.89. The monoisotopic (exact) mass is 498 g/mol. The summed E-state index contributed by atoms with van der Waals surface area (Å²) in [5, 5.41) is 2.46. The average molecular weight is 498 g/mol. The van der Waals surface area contributed by atoms with Crippen molar-refractivity contribution in [2.75, 3.05) is 18.5 Å². The van der Waals surface area contributed by atoms with Gasteiger partial charge in [0, 0.05) is 5.69 Å². The molecule has 0 unspecified atom stereocenters. The normalized spacial score (nSPS) is 11.9. The highest BCUT2D eigenvalue weighted by Gasteiger charge is 2.31. The van der Waals surface area contributed by atoms with Gasteiger partial charge in [-0.1, -0.05) is 0 Å². The summed E-state index contributed by atoms with van der Waals surface area (Å²) < 4.78 is 78.6. The molecule has 182 valence electrons. The number of nitrogens with one attached hydrogen (secondary N) is 1. The van der Waals surface area contributed by atoms with E-state index in [1.807, 2.05) is 0 Å². The molecule has 1 heterocycles. The van der Waals surface area contributed by atoms with Crippen LogP contribution in [0.2, 0.25) is 0 Å². The van der Waals surface area contributed by atoms with E-state index in [0.717, 1.165) is 16.4 Å². The first-order chi connectivity index (χ1) is 16.1. The molecule has 0 saturated heterocycles. The van der Waals surface area contributed by atoms with Gasteiger partial charge in [-0.25, -0.2) is 8.42 Å². The molecule has 2 aromatic carbocycles. The van der Waals surface area contributed by atoms with Gasteiger partial charge in [-0.2, -0.15) is 4.31 Å². The lowest BCUT2D eigenvalue weighted by molar-refractivity contribution is -0.274. The molecule has 8 nitrogen and oxygen atoms in total. The molecular formula is C22H21F3N2O6S. The summed E-state index contributed by atoms with van der Waals surface area (Å²) in [6.45, 7) is 1.43. The third kappa shape index (κ3) is 6.99. The number of ether oxygens (including phenoxy) is 2. The molecule has 0 aliphatic heterocycles. The summed E-state index contributed by atoms with van der Waals surface area (Å²) in [4.78, 5) is 12.6. The van der Waals surface area contributed by atoms with Crippen LogP contribution >= 0.6 is 0 Å². The Balaban J connectivity index is 1.76. The van der Waals surface area contributed by atoms with Crippen LogP contribution in [-0.2, 0) is 21.4 Å². The van der Waals surface area contributed by atoms with Crippen molar-refractivity contribution in [3.05, 3.63) is 72.7 Å². The minimum absolute atomic E-state index is 0.0519. The van der Waals surface area contributed by atoms with E-state index in [2.05, 4.69) is 10.1 Å². The zero-order valence-electron chi connectivity index (χ0n) is 17.9. The predicted octanol–water partition coefficient (Wildman–Crippen LogP) is 4.41. The number of carbonyl (C=O) groups is 1. The number of alkyl halides is 3. The quantitative estimate of drug-likeness (QED) is 0.445. The van der Waals surface area contributed by atoms with Gasteiger partial charge in [0.05, 0.1) is 30.9 Å². The van der Waals surface area contributed by atoms with Gasteiger partial charge in [0.2, 0.25) is 15.9 Å². The van der Waals surface area contributed by atoms with Crippen molar-refractivity contribution >= 4 is 21.6 Å². The highest BCUT2D eigenvalue weighted by atomic mass is 32.2. The fourth-order valence-electron chi connectivity index (χ4n) is 2.93. The van der Waals surface area contributed by atoms with E-state index in [4.69, 9.17) is 9.15 Å². The maximum atomic E-state index is 13.2. The Morgan fingerprint density at radius 1 is 1.03 bits per heavy atom. The minimum Gasteiger partial charge on any atom is -0.494 e. The molecule has 1 N–H and O–H groups in total. The molecule has 0 atom stereocenters. The summed E-state index contributed by atoms with van der Waals surface area (Å²) in [6, 6.07) is 13.4. The van der Waals surface area contributed by atoms with E-state index in [1.165, 1.54) is 42.7 Å². The lowest BCUT2D eigenvalue weighted by atomic mass is 10.3. The van der Waals surface area contributed by atoms with E-state index in [9.17, 15) is 26.4 Å². The number of benzene rings is 2. The van der Waals surface area contributed by atoms with Crippen LogP contribution in [0.3, 0.4) is 0 Å². The van der Waals surface area contributed by atoms with Crippen molar-refractivity contribution in [3.8, 4) is 11.5 Å². The molecule has 34 heavy (non-hydrogen) atoms. The predicted molar refractivity (Wildman–Crippen MR) is 116 cm³/mol. The van der Waals surface area contributed by atoms with Crippen molar-refractivity contribution in [3.63, 3.8) is 0 Å². The van der Waals surface area contributed by atoms with Gasteiger partial charge in [-0.15, -0.1) is 13.2 Å². The summed E-state index contributed by atoms with van der Waals surface area (Å²) in [5.41, 5.74) is 0.163. The number of anilines is 1. The number of hydrogen-bond acceptors (Lipinski definition) is 6. The second-order valence-corrected chi connectivity index (χ2v) is 8.82. The zero-order valence-corrected chi connectivity index (χ0v) is 18.7. The number of sulfonamides is 1. The van der Waals surface area contributed by atoms with Gasteiger partial charge in [-0.3, -0.25) is 4.79 Å². The highest BCUT2D eigenvalue weighted by Crippen LogP contribution is 2.25. The summed E-state index contributed by atoms with van der Waals surface area (Å²) >= 11 is 0. The molecule has 0 radical (unpaired) electrons. The Bertz CT molecular complexity index is 1180. The fourth-order valence-corrected chi connectivity index (χ4v) is 4.29. The first-order valence-corrected chi connectivity index (χ1v) is 11.4. The first-order valence-electron chi connectivity index (χ1n) is 9.98. The molecule has 3 aromatic rings. The van der Waals surface area contributed by atoms with Crippen molar-refractivity contribution in [2.45, 2.75) is 24.7 Å². The van der Waals surface area contributed by atoms with Crippen LogP contribution in [0, 0.1) is 0 Å². The molecule has 0 fully saturated rings. The summed E-state index contributed by atoms with van der Waals surface area (Å²) in [7, 11) is -4.11. The van der Waals surface area contributed by atoms with Crippen LogP contribution < -0.4 is 14.8 Å². The second-order valence-electron chi connectivity index (χ2n) is 6.88. The van der Waals surface area contributed by atoms with Crippen molar-refractivity contribution < 1.29 is 40.3 Å². The van der Waals surface area contributed by atoms with Gasteiger partial charge < -0.3 is 19.2 Å². The third-order valence-corrected chi connectivity index (χ3v) is 6.18. The van der Waals surface area contributed by atoms with Crippen LogP contribution in [0.5, 0.6) is 11.5 Å². The summed E-state index contributed by atoms with van der Waals surface area (Å²) in [6.07, 6.45) is -3.46. The Morgan fingerprint density at radius 3 is 2.24 bits per heavy atom. The number of furan rings is 1. The van der Waals surface area contributed by atoms with E-state index >= 15 is 0 Å². The molecule has 0 aliphatic carbocycles. The standard InChI is InChI=1S/C22H21F3N2O6S/c1-2-31-17-9-11-20(12-10-17)34(29,30)27(14-19-4-3-13-32-19)15-21(28)26-16-5-7-18(8-6-16)33-22(23,24)25/h3-13H,2,14-15H2,1H3,(H,26,28). The molecule has 0 spiro atoms. The van der Waals surface area contributed by atoms with Crippen LogP contribution in [0.1, 0.15) is 12.7 Å². The second kappa shape index (κ2) is 10.6. The lowest BCUT2D eigenvalue weighted by Crippen LogP contribution is -2.37. The lowest BCUT2D eigenvalue weighted by Gasteiger charge is -2.21. The van der Waals surface area contributed by atoms with Gasteiger partial charge in [-0.05, 0) is 67.6 Å². The Labute approximate surface area is 193 Å². The number of nitrogens with zero attached hydrogens (tertiary/aromatic N) is 1. The Morgan fingerprint density at radius 2 is 1.68 bits per heavy atom. The zero-order chi connectivity index (χ0) is 24.8. The van der Waals surface area contributed by atoms with E-state index < -0.39 is 34.6 Å². The van der Waals surface area contributed by atoms with Crippen LogP contribution in [0.15, 0.2) is 76.2 Å². The Hall–Kier alpha value is -3.51. The van der Waals surface area contributed by atoms with Crippen LogP contribution in [0.4, 0.5) is 18.9 Å². The topological polar surface area (TPSA) is 98.1 Å². The number of amides is 1. The summed E-state index contributed by atoms with van der Waals surface area (Å²) in [5.74, 6) is -0.348. The first kappa shape index (κ1) is 25.1. The molecule has 12 heteroatoms. The molecule has 0 saturated carbocycles. The van der Waals surface area contributed by atoms with Crippen molar-refractivity contribution in [1.82, 2.24) is 4.31 Å². The van der Waals surface area contributed by atoms with Gasteiger partial charge in [0.15, 0.2) is 0 Å². The average Bonchev–Trinajstić information content (AvgIpc) is 3.27. The molecule has 0 aliphatic rings. The maximum Gasteiger partial charge on any atom is 0.573 e. The van der Waals surface area contributed by atoms with Crippen molar-refractivity contribution in [2.24, 2.45) is 0 Å². The maximum absolute atomic E-state index is 13.2. The largest absolute Gasteiger partial charge is 0.573 e. The molecule has 0 bridgehead atoms. The SMILES string of the molecule is CCOc1ccc(S(=O)(=O)N(CC(=O)Nc2ccc(OC(F)(F)F)cc2)Cc2ccco2)cc1. The molecule has 3 rings (SSSR count). The number of rotatable bonds is 10. The third-order valence-electron chi connectivity index (χ3n) is 4.38. The fraction of sp³-hybridized carbons (Fsp3) is 0.227. The van der Waals surface area contributed by atoms with Crippen LogP contribution in [-0.4, -0.2) is 38.1 Å². The van der Waals surface area contributed by atoms with Gasteiger partial charge >= 0.3 is 6.36 Å². The molecule has 1 amide bonds. The number of halogens is 3. The molecule has 1 aromatic heterocycles. The van der Waals surface area contributed by atoms with Gasteiger partial charge in [0.1, 0.15) is 17.3 Å². The van der Waals surface area contributed by atoms with Crippen LogP contribution in [0.25, 0.3) is 0 Å². The smallest absolute Gasteiger partial charge is 0.494 e. The van der Waals surface area contributed by atoms with E-state index in [1.54, 1.807) is 19.1 Å². The van der Waals surface area contributed by atoms with E-state index in [0.29, 0.717) is 18.1 Å². The minimum atomic E-state index is -4.84. The Kier molecular flexibility index (Phi) is 7.84. The van der Waals surface area contributed by atoms with E-state index in [-0.39, 0.29) is 17.1 Å². The van der Waals surface area contributed by atoms with Crippen molar-refractivity contribution in [1.29, 1.82) is 0 Å². The molecular weight excluding hydrogens is 477 g/mol. The van der Waals surface area contributed by atoms with Gasteiger partial charge in [0.25, 0.3) is 0 Å².